The van der Waals surface area contributed by atoms with Gasteiger partial charge in [0.25, 0.3) is 0 Å². The minimum absolute atomic E-state index is 0.0417. The van der Waals surface area contributed by atoms with Crippen molar-refractivity contribution in [3.05, 3.63) is 29.1 Å². The first-order valence-corrected chi connectivity index (χ1v) is 6.96. The molecule has 2 N–H and O–H groups in total. The van der Waals surface area contributed by atoms with Crippen LogP contribution in [0.25, 0.3) is 0 Å². The molecule has 0 bridgehead atoms. The number of piperidine rings is 1. The molecule has 1 aromatic carbocycles. The fourth-order valence-corrected chi connectivity index (χ4v) is 3.20. The first kappa shape index (κ1) is 14.6. The quantitative estimate of drug-likeness (QED) is 0.497. The van der Waals surface area contributed by atoms with E-state index in [-0.39, 0.29) is 11.6 Å². The Kier molecular flexibility index (Phi) is 3.55. The topological polar surface area (TPSA) is 24.1 Å². The van der Waals surface area contributed by atoms with Crippen LogP contribution in [-0.4, -0.2) is 18.1 Å². The number of halogens is 5. The molecule has 1 saturated heterocycles. The van der Waals surface area contributed by atoms with E-state index in [2.05, 4.69) is 10.6 Å². The molecule has 1 heterocycles. The molecule has 1 aliphatic carbocycles. The molecule has 21 heavy (non-hydrogen) atoms. The van der Waals surface area contributed by atoms with Gasteiger partial charge in [0.15, 0.2) is 23.3 Å². The first-order chi connectivity index (χ1) is 9.93. The molecule has 1 aromatic rings. The summed E-state index contributed by atoms with van der Waals surface area (Å²) in [5.41, 5.74) is -0.965. The van der Waals surface area contributed by atoms with Gasteiger partial charge in [-0.3, -0.25) is 0 Å². The number of anilines is 1. The Labute approximate surface area is 118 Å². The van der Waals surface area contributed by atoms with Gasteiger partial charge in [-0.1, -0.05) is 0 Å². The van der Waals surface area contributed by atoms with Gasteiger partial charge in [0.2, 0.25) is 5.82 Å². The SMILES string of the molecule is Fc1c(F)c(F)c(NC2CCNC3(CCC3)C2)c(F)c1F. The summed E-state index contributed by atoms with van der Waals surface area (Å²) in [6.07, 6.45) is 4.22. The normalized spacial score (nSPS) is 24.0. The van der Waals surface area contributed by atoms with Crippen molar-refractivity contribution in [3.8, 4) is 0 Å². The molecule has 2 aliphatic rings. The van der Waals surface area contributed by atoms with Gasteiger partial charge in [-0.05, 0) is 38.6 Å². The second-order valence-electron chi connectivity index (χ2n) is 5.84. The third-order valence-electron chi connectivity index (χ3n) is 4.50. The second-order valence-corrected chi connectivity index (χ2v) is 5.84. The zero-order chi connectivity index (χ0) is 15.2. The number of hydrogen-bond donors (Lipinski definition) is 2. The maximum Gasteiger partial charge on any atom is 0.200 e. The van der Waals surface area contributed by atoms with E-state index < -0.39 is 34.8 Å². The largest absolute Gasteiger partial charge is 0.377 e. The number of benzene rings is 1. The fraction of sp³-hybridized carbons (Fsp3) is 0.571. The summed E-state index contributed by atoms with van der Waals surface area (Å²) in [4.78, 5) is 0. The molecule has 2 fully saturated rings. The van der Waals surface area contributed by atoms with Gasteiger partial charge >= 0.3 is 0 Å². The van der Waals surface area contributed by atoms with E-state index in [1.807, 2.05) is 0 Å². The van der Waals surface area contributed by atoms with Gasteiger partial charge in [-0.15, -0.1) is 0 Å². The monoisotopic (exact) mass is 306 g/mol. The first-order valence-electron chi connectivity index (χ1n) is 6.96. The van der Waals surface area contributed by atoms with E-state index in [4.69, 9.17) is 0 Å². The van der Waals surface area contributed by atoms with Crippen molar-refractivity contribution in [2.45, 2.75) is 43.7 Å². The third kappa shape index (κ3) is 2.37. The van der Waals surface area contributed by atoms with Crippen molar-refractivity contribution in [2.24, 2.45) is 0 Å². The number of rotatable bonds is 2. The smallest absolute Gasteiger partial charge is 0.200 e. The van der Waals surface area contributed by atoms with Crippen molar-refractivity contribution in [2.75, 3.05) is 11.9 Å². The van der Waals surface area contributed by atoms with Crippen LogP contribution in [0.1, 0.15) is 32.1 Å². The second kappa shape index (κ2) is 5.12. The molecule has 116 valence electrons. The molecule has 1 spiro atoms. The van der Waals surface area contributed by atoms with Crippen LogP contribution in [0.15, 0.2) is 0 Å². The molecule has 0 radical (unpaired) electrons. The summed E-state index contributed by atoms with van der Waals surface area (Å²) in [6.45, 7) is 0.660. The van der Waals surface area contributed by atoms with E-state index in [1.54, 1.807) is 0 Å². The van der Waals surface area contributed by atoms with Gasteiger partial charge in [-0.2, -0.15) is 0 Å². The Morgan fingerprint density at radius 3 is 2.00 bits per heavy atom. The van der Waals surface area contributed by atoms with E-state index in [0.29, 0.717) is 19.4 Å². The minimum atomic E-state index is -2.13. The van der Waals surface area contributed by atoms with Crippen molar-refractivity contribution < 1.29 is 22.0 Å². The number of hydrogen-bond acceptors (Lipinski definition) is 2. The lowest BCUT2D eigenvalue weighted by Crippen LogP contribution is -2.58. The Hall–Kier alpha value is -1.37. The highest BCUT2D eigenvalue weighted by Crippen LogP contribution is 2.39. The van der Waals surface area contributed by atoms with Gasteiger partial charge in [0.1, 0.15) is 5.69 Å². The van der Waals surface area contributed by atoms with Gasteiger partial charge in [0, 0.05) is 11.6 Å². The zero-order valence-electron chi connectivity index (χ0n) is 11.2. The Morgan fingerprint density at radius 1 is 0.905 bits per heavy atom. The van der Waals surface area contributed by atoms with Crippen LogP contribution in [0.5, 0.6) is 0 Å². The van der Waals surface area contributed by atoms with Crippen molar-refractivity contribution in [1.82, 2.24) is 5.32 Å². The molecule has 0 aromatic heterocycles. The molecule has 1 unspecified atom stereocenters. The fourth-order valence-electron chi connectivity index (χ4n) is 3.20. The summed E-state index contributed by atoms with van der Waals surface area (Å²) < 4.78 is 66.6. The summed E-state index contributed by atoms with van der Waals surface area (Å²) in [6, 6.07) is -0.306. The lowest BCUT2D eigenvalue weighted by Gasteiger charge is -2.48. The standard InChI is InChI=1S/C14H15F5N2/c15-8-9(16)11(18)13(12(19)10(8)17)21-7-2-5-20-14(6-7)3-1-4-14/h7,20-21H,1-6H2. The van der Waals surface area contributed by atoms with E-state index in [9.17, 15) is 22.0 Å². The highest BCUT2D eigenvalue weighted by atomic mass is 19.2. The molecular formula is C14H15F5N2. The lowest BCUT2D eigenvalue weighted by molar-refractivity contribution is 0.135. The third-order valence-corrected chi connectivity index (χ3v) is 4.50. The van der Waals surface area contributed by atoms with E-state index in [0.717, 1.165) is 19.3 Å². The Bertz CT molecular complexity index is 542. The van der Waals surface area contributed by atoms with Crippen molar-refractivity contribution >= 4 is 5.69 Å². The summed E-state index contributed by atoms with van der Waals surface area (Å²) >= 11 is 0. The van der Waals surface area contributed by atoms with Gasteiger partial charge in [0.05, 0.1) is 0 Å². The van der Waals surface area contributed by atoms with Crippen LogP contribution < -0.4 is 10.6 Å². The van der Waals surface area contributed by atoms with Gasteiger partial charge < -0.3 is 10.6 Å². The highest BCUT2D eigenvalue weighted by Gasteiger charge is 2.41. The molecule has 1 aliphatic heterocycles. The molecule has 2 nitrogen and oxygen atoms in total. The van der Waals surface area contributed by atoms with Crippen LogP contribution in [0.3, 0.4) is 0 Å². The molecule has 3 rings (SSSR count). The van der Waals surface area contributed by atoms with Crippen molar-refractivity contribution in [3.63, 3.8) is 0 Å². The Morgan fingerprint density at radius 2 is 1.48 bits per heavy atom. The molecule has 0 amide bonds. The lowest BCUT2D eigenvalue weighted by atomic mass is 9.70. The molecule has 1 saturated carbocycles. The van der Waals surface area contributed by atoms with Crippen LogP contribution in [0.4, 0.5) is 27.6 Å². The molecular weight excluding hydrogens is 291 g/mol. The summed E-state index contributed by atoms with van der Waals surface area (Å²) in [5, 5.41) is 5.89. The summed E-state index contributed by atoms with van der Waals surface area (Å²) in [7, 11) is 0. The van der Waals surface area contributed by atoms with E-state index in [1.165, 1.54) is 0 Å². The van der Waals surface area contributed by atoms with Gasteiger partial charge in [-0.25, -0.2) is 22.0 Å². The van der Waals surface area contributed by atoms with Crippen molar-refractivity contribution in [1.29, 1.82) is 0 Å². The molecule has 7 heteroatoms. The zero-order valence-corrected chi connectivity index (χ0v) is 11.2. The average molecular weight is 306 g/mol. The van der Waals surface area contributed by atoms with E-state index >= 15 is 0 Å². The van der Waals surface area contributed by atoms with Crippen LogP contribution >= 0.6 is 0 Å². The highest BCUT2D eigenvalue weighted by molar-refractivity contribution is 5.48. The predicted molar refractivity (Wildman–Crippen MR) is 67.5 cm³/mol. The summed E-state index contributed by atoms with van der Waals surface area (Å²) in [5.74, 6) is -9.55. The molecule has 1 atom stereocenters. The Balaban J connectivity index is 1.85. The minimum Gasteiger partial charge on any atom is -0.377 e. The van der Waals surface area contributed by atoms with Crippen LogP contribution in [-0.2, 0) is 0 Å². The predicted octanol–water partition coefficient (Wildman–Crippen LogP) is 3.47. The maximum atomic E-state index is 13.6. The van der Waals surface area contributed by atoms with Crippen LogP contribution in [0.2, 0.25) is 0 Å². The average Bonchev–Trinajstić information content (AvgIpc) is 2.46. The number of nitrogens with one attached hydrogen (secondary N) is 2. The van der Waals surface area contributed by atoms with Crippen LogP contribution in [0, 0.1) is 29.1 Å². The maximum absolute atomic E-state index is 13.6.